The highest BCUT2D eigenvalue weighted by Crippen LogP contribution is 2.26. The molecule has 38 heteroatoms. The van der Waals surface area contributed by atoms with E-state index in [0.717, 1.165) is 32.1 Å². The van der Waals surface area contributed by atoms with E-state index in [1.54, 1.807) is 0 Å². The molecular weight excluding hydrogens is 1370 g/mol. The number of aliphatic hydroxyl groups excluding tert-OH is 10. The molecule has 3 heterocycles. The average molecular weight is 1490 g/mol. The standard InChI is InChI=1S/C65H115N9O29/c1-5-97-40-32-43(44(81)33-40)74-50(84)15-13-11-9-7-6-8-10-12-14-49(83)72-42(62(93)68-22-25-96-28-31-100-65-54(71-39(4)80)60(91)57(88)47(36-77)103-65)17-19-51(85)73-41(61(92)67-21-24-95-27-30-99-64-53(70-38(3)79)59(90)56(87)46(35-76)102-64)16-18-48(82)66-20-23-94-26-29-98-63-52(69-37(2)78)58(89)55(86)45(34-75)101-63/h40-47,52-60,63-65,75-77,81,86-91H,5-36H2,1-4H3,(H,66,82)(H,67,92)(H,68,93)(H,69,78)(H,70,79)(H,71,80)(H,72,83)(H,73,85)(H,74,84)/t40-,41?,42?,43-,44+,45?,46?,47+,52?,53?,54?,55?,56?,57?,58?,59?,60?,63?,64?,65?/m0/s1. The number of carbonyl (C=O) groups is 9. The molecule has 4 rings (SSSR count). The van der Waals surface area contributed by atoms with Crippen LogP contribution in [0.3, 0.4) is 0 Å². The van der Waals surface area contributed by atoms with Gasteiger partial charge in [-0.25, -0.2) is 0 Å². The number of hydrogen-bond donors (Lipinski definition) is 19. The second kappa shape index (κ2) is 50.1. The lowest BCUT2D eigenvalue weighted by atomic mass is 9.97. The maximum Gasteiger partial charge on any atom is 0.242 e. The fraction of sp³-hybridized carbons (Fsp3) is 0.862. The molecule has 1 saturated carbocycles. The van der Waals surface area contributed by atoms with Crippen LogP contribution in [-0.2, 0) is 90.5 Å². The van der Waals surface area contributed by atoms with E-state index in [4.69, 9.17) is 47.4 Å². The summed E-state index contributed by atoms with van der Waals surface area (Å²) < 4.78 is 56.0. The van der Waals surface area contributed by atoms with Crippen molar-refractivity contribution in [1.82, 2.24) is 47.9 Å². The van der Waals surface area contributed by atoms with Gasteiger partial charge in [0.2, 0.25) is 53.2 Å². The molecule has 38 nitrogen and oxygen atoms in total. The minimum Gasteiger partial charge on any atom is -0.394 e. The number of carbonyl (C=O) groups excluding carboxylic acids is 9. The van der Waals surface area contributed by atoms with Crippen molar-refractivity contribution in [1.29, 1.82) is 0 Å². The van der Waals surface area contributed by atoms with Gasteiger partial charge in [-0.3, -0.25) is 43.2 Å². The van der Waals surface area contributed by atoms with Crippen LogP contribution in [0.15, 0.2) is 0 Å². The third kappa shape index (κ3) is 33.4. The third-order valence-corrected chi connectivity index (χ3v) is 17.4. The smallest absolute Gasteiger partial charge is 0.242 e. The molecule has 0 spiro atoms. The number of nitrogens with one attached hydrogen (secondary N) is 9. The van der Waals surface area contributed by atoms with Crippen molar-refractivity contribution in [2.45, 2.75) is 253 Å². The Kier molecular flexibility index (Phi) is 43.7. The Bertz CT molecular complexity index is 2520. The van der Waals surface area contributed by atoms with Gasteiger partial charge < -0.3 is 146 Å². The molecule has 20 atom stereocenters. The largest absolute Gasteiger partial charge is 0.394 e. The second-order valence-electron chi connectivity index (χ2n) is 25.6. The Morgan fingerprint density at radius 2 is 0.748 bits per heavy atom. The molecule has 0 aromatic heterocycles. The first-order valence-electron chi connectivity index (χ1n) is 35.6. The first-order valence-corrected chi connectivity index (χ1v) is 35.6. The predicted octanol–water partition coefficient (Wildman–Crippen LogP) is -7.26. The van der Waals surface area contributed by atoms with Crippen LogP contribution >= 0.6 is 0 Å². The Hall–Kier alpha value is -5.57. The number of aliphatic hydroxyl groups is 10. The lowest BCUT2D eigenvalue weighted by Crippen LogP contribution is -2.64. The first kappa shape index (κ1) is 89.8. The predicted molar refractivity (Wildman–Crippen MR) is 357 cm³/mol. The monoisotopic (exact) mass is 1490 g/mol. The molecule has 9 amide bonds. The number of amides is 9. The van der Waals surface area contributed by atoms with Gasteiger partial charge >= 0.3 is 0 Å². The van der Waals surface area contributed by atoms with E-state index in [-0.39, 0.29) is 123 Å². The summed E-state index contributed by atoms with van der Waals surface area (Å²) in [5, 5.41) is 125. The number of hydrogen-bond acceptors (Lipinski definition) is 29. The maximum atomic E-state index is 13.8. The quantitative estimate of drug-likeness (QED) is 0.0252. The molecule has 1 aliphatic carbocycles. The minimum atomic E-state index is -1.54. The highest BCUT2D eigenvalue weighted by Gasteiger charge is 2.48. The lowest BCUT2D eigenvalue weighted by Gasteiger charge is -2.42. The van der Waals surface area contributed by atoms with Crippen LogP contribution in [0, 0.1) is 0 Å². The Labute approximate surface area is 599 Å². The number of rotatable bonds is 51. The summed E-state index contributed by atoms with van der Waals surface area (Å²) in [4.78, 5) is 116. The van der Waals surface area contributed by atoms with E-state index in [9.17, 15) is 94.2 Å². The molecule has 4 fully saturated rings. The van der Waals surface area contributed by atoms with Crippen molar-refractivity contribution in [3.8, 4) is 0 Å². The van der Waals surface area contributed by atoms with Gasteiger partial charge in [0.25, 0.3) is 0 Å². The van der Waals surface area contributed by atoms with Gasteiger partial charge in [-0.1, -0.05) is 38.5 Å². The molecule has 0 radical (unpaired) electrons. The van der Waals surface area contributed by atoms with Gasteiger partial charge in [0, 0.05) is 79.1 Å². The van der Waals surface area contributed by atoms with Gasteiger partial charge in [-0.05, 0) is 39.0 Å². The Morgan fingerprint density at radius 3 is 1.12 bits per heavy atom. The van der Waals surface area contributed by atoms with E-state index in [1.807, 2.05) is 6.92 Å². The molecule has 0 aromatic rings. The normalized spacial score (nSPS) is 28.3. The van der Waals surface area contributed by atoms with E-state index in [0.29, 0.717) is 45.1 Å². The summed E-state index contributed by atoms with van der Waals surface area (Å²) in [7, 11) is 0. The summed E-state index contributed by atoms with van der Waals surface area (Å²) >= 11 is 0. The maximum absolute atomic E-state index is 13.8. The third-order valence-electron chi connectivity index (χ3n) is 17.4. The Morgan fingerprint density at radius 1 is 0.398 bits per heavy atom. The SMILES string of the molecule is CCO[C@@H]1C[C@@H](O)[C@@H](NC(=O)CCCCCCCCCCC(=O)NC(CCC(=O)NC(CCC(=O)NCCOCCOC2OC(CO)C(O)C(O)C2NC(C)=O)C(=O)NCCOCCOC2OC(CO)C(O)C(O)C2NC(C)=O)C(=O)NCCOCCOC2O[C@H](CO)C(O)C(O)C2NC(C)=O)C1. The molecule has 0 bridgehead atoms. The summed E-state index contributed by atoms with van der Waals surface area (Å²) in [6, 6.07) is -6.47. The van der Waals surface area contributed by atoms with Crippen LogP contribution in [0.2, 0.25) is 0 Å². The minimum absolute atomic E-state index is 0.0205. The van der Waals surface area contributed by atoms with E-state index >= 15 is 0 Å². The molecule has 16 unspecified atom stereocenters. The fourth-order valence-electron chi connectivity index (χ4n) is 11.9. The summed E-state index contributed by atoms with van der Waals surface area (Å²) in [5.74, 6) is -4.89. The van der Waals surface area contributed by atoms with E-state index < -0.39 is 184 Å². The van der Waals surface area contributed by atoms with Gasteiger partial charge in [0.15, 0.2) is 18.9 Å². The average Bonchev–Trinajstić information content (AvgIpc) is 1.70. The first-order chi connectivity index (χ1) is 49.3. The summed E-state index contributed by atoms with van der Waals surface area (Å²) in [5.41, 5.74) is 0. The molecule has 594 valence electrons. The van der Waals surface area contributed by atoms with Crippen LogP contribution in [0.1, 0.15) is 130 Å². The van der Waals surface area contributed by atoms with Crippen LogP contribution < -0.4 is 47.9 Å². The zero-order chi connectivity index (χ0) is 75.8. The van der Waals surface area contributed by atoms with Gasteiger partial charge in [-0.2, -0.15) is 0 Å². The van der Waals surface area contributed by atoms with Crippen LogP contribution in [0.5, 0.6) is 0 Å². The molecule has 3 aliphatic heterocycles. The lowest BCUT2D eigenvalue weighted by molar-refractivity contribution is -0.272. The topological polar surface area (TPSA) is 556 Å². The number of unbranched alkanes of at least 4 members (excludes halogenated alkanes) is 7. The van der Waals surface area contributed by atoms with Crippen LogP contribution in [0.4, 0.5) is 0 Å². The van der Waals surface area contributed by atoms with E-state index in [1.165, 1.54) is 20.8 Å². The number of ether oxygens (including phenoxy) is 10. The summed E-state index contributed by atoms with van der Waals surface area (Å²) in [6.45, 7) is 2.88. The second-order valence-corrected chi connectivity index (χ2v) is 25.6. The summed E-state index contributed by atoms with van der Waals surface area (Å²) in [6.07, 6.45) is -10.7. The van der Waals surface area contributed by atoms with Gasteiger partial charge in [0.1, 0.15) is 85.1 Å². The van der Waals surface area contributed by atoms with Crippen LogP contribution in [0.25, 0.3) is 0 Å². The van der Waals surface area contributed by atoms with Crippen molar-refractivity contribution in [3.63, 3.8) is 0 Å². The van der Waals surface area contributed by atoms with Crippen molar-refractivity contribution in [2.24, 2.45) is 0 Å². The Balaban J connectivity index is 1.32. The van der Waals surface area contributed by atoms with Crippen molar-refractivity contribution in [3.05, 3.63) is 0 Å². The highest BCUT2D eigenvalue weighted by molar-refractivity contribution is 5.90. The zero-order valence-electron chi connectivity index (χ0n) is 59.4. The molecule has 19 N–H and O–H groups in total. The highest BCUT2D eigenvalue weighted by atomic mass is 16.7. The van der Waals surface area contributed by atoms with Gasteiger partial charge in [-0.15, -0.1) is 0 Å². The van der Waals surface area contributed by atoms with Gasteiger partial charge in [0.05, 0.1) is 97.5 Å². The van der Waals surface area contributed by atoms with E-state index in [2.05, 4.69) is 47.9 Å². The molecule has 4 aliphatic rings. The molecular formula is C65H115N9O29. The van der Waals surface area contributed by atoms with Crippen molar-refractivity contribution < 1.29 is 142 Å². The molecule has 103 heavy (non-hydrogen) atoms. The van der Waals surface area contributed by atoms with Crippen molar-refractivity contribution in [2.75, 3.05) is 106 Å². The zero-order valence-corrected chi connectivity index (χ0v) is 59.4. The molecule has 0 aromatic carbocycles. The van der Waals surface area contributed by atoms with Crippen molar-refractivity contribution >= 4 is 53.2 Å². The molecule has 3 saturated heterocycles. The fourth-order valence-corrected chi connectivity index (χ4v) is 11.9. The van der Waals surface area contributed by atoms with Crippen LogP contribution in [-0.4, -0.2) is 332 Å².